The minimum atomic E-state index is -1.28. The van der Waals surface area contributed by atoms with Crippen molar-refractivity contribution < 1.29 is 29.4 Å². The number of carbonyl (C=O) groups excluding carboxylic acids is 3. The van der Waals surface area contributed by atoms with Gasteiger partial charge in [0, 0.05) is 43.0 Å². The van der Waals surface area contributed by atoms with Gasteiger partial charge in [0.2, 0.25) is 17.7 Å². The van der Waals surface area contributed by atoms with E-state index < -0.39 is 42.0 Å². The Bertz CT molecular complexity index is 1530. The number of carboxylic acids is 1. The molecule has 14 heteroatoms. The predicted octanol–water partition coefficient (Wildman–Crippen LogP) is 0.0848. The zero-order valence-electron chi connectivity index (χ0n) is 24.8. The summed E-state index contributed by atoms with van der Waals surface area (Å²) in [5.41, 5.74) is 19.0. The molecule has 11 N–H and O–H groups in total. The van der Waals surface area contributed by atoms with E-state index in [-0.39, 0.29) is 30.5 Å². The molecule has 1 saturated heterocycles. The molecule has 1 fully saturated rings. The number of aliphatic carboxylic acids is 1. The maximum Gasteiger partial charge on any atom is 0.326 e. The highest BCUT2D eigenvalue weighted by molar-refractivity contribution is 5.95. The van der Waals surface area contributed by atoms with E-state index in [1.54, 1.807) is 18.3 Å². The number of phenols is 1. The van der Waals surface area contributed by atoms with Crippen LogP contribution >= 0.6 is 0 Å². The molecule has 0 aliphatic carbocycles. The second kappa shape index (κ2) is 15.1. The molecule has 240 valence electrons. The molecule has 1 aliphatic heterocycles. The van der Waals surface area contributed by atoms with Crippen LogP contribution < -0.4 is 27.8 Å². The van der Waals surface area contributed by atoms with Crippen LogP contribution in [-0.4, -0.2) is 87.0 Å². The molecule has 14 nitrogen and oxygen atoms in total. The first-order chi connectivity index (χ1) is 21.5. The Balaban J connectivity index is 1.48. The van der Waals surface area contributed by atoms with Crippen LogP contribution in [0, 0.1) is 0 Å². The minimum absolute atomic E-state index is 0.0109. The average molecular weight is 621 g/mol. The number of hydrogen-bond acceptors (Lipinski definition) is 7. The lowest BCUT2D eigenvalue weighted by atomic mass is 10.0. The smallest absolute Gasteiger partial charge is 0.326 e. The van der Waals surface area contributed by atoms with Crippen molar-refractivity contribution in [2.45, 2.75) is 62.7 Å². The fourth-order valence-corrected chi connectivity index (χ4v) is 5.50. The van der Waals surface area contributed by atoms with E-state index in [0.29, 0.717) is 49.9 Å². The molecule has 0 radical (unpaired) electrons. The fraction of sp³-hybridized carbons (Fsp3) is 0.387. The third kappa shape index (κ3) is 8.72. The van der Waals surface area contributed by atoms with E-state index in [2.05, 4.69) is 20.6 Å². The second-order valence-electron chi connectivity index (χ2n) is 11.1. The zero-order chi connectivity index (χ0) is 32.5. The van der Waals surface area contributed by atoms with Crippen molar-refractivity contribution in [1.29, 1.82) is 0 Å². The Hall–Kier alpha value is -5.11. The Kier molecular flexibility index (Phi) is 11.0. The molecule has 45 heavy (non-hydrogen) atoms. The quantitative estimate of drug-likeness (QED) is 0.0690. The number of aromatic nitrogens is 1. The molecular weight excluding hydrogens is 580 g/mol. The van der Waals surface area contributed by atoms with Crippen LogP contribution in [0.25, 0.3) is 10.9 Å². The molecule has 4 unspecified atom stereocenters. The van der Waals surface area contributed by atoms with Crippen molar-refractivity contribution in [3.05, 3.63) is 65.9 Å². The van der Waals surface area contributed by atoms with E-state index in [1.165, 1.54) is 17.0 Å². The third-order valence-corrected chi connectivity index (χ3v) is 7.85. The lowest BCUT2D eigenvalue weighted by molar-refractivity contribution is -0.143. The number of likely N-dealkylation sites (tertiary alicyclic amines) is 1. The Labute approximate surface area is 260 Å². The van der Waals surface area contributed by atoms with Crippen LogP contribution in [0.1, 0.15) is 36.8 Å². The first-order valence-corrected chi connectivity index (χ1v) is 14.8. The maximum absolute atomic E-state index is 13.6. The number of H-pyrrole nitrogens is 1. The van der Waals surface area contributed by atoms with Crippen molar-refractivity contribution in [3.63, 3.8) is 0 Å². The Morgan fingerprint density at radius 1 is 1.02 bits per heavy atom. The number of para-hydroxylation sites is 1. The lowest BCUT2D eigenvalue weighted by Gasteiger charge is -2.28. The summed E-state index contributed by atoms with van der Waals surface area (Å²) in [7, 11) is 0. The van der Waals surface area contributed by atoms with Crippen LogP contribution in [0.3, 0.4) is 0 Å². The molecule has 1 aromatic heterocycles. The van der Waals surface area contributed by atoms with Gasteiger partial charge >= 0.3 is 5.97 Å². The van der Waals surface area contributed by atoms with E-state index >= 15 is 0 Å². The van der Waals surface area contributed by atoms with Crippen LogP contribution in [0.5, 0.6) is 5.75 Å². The first kappa shape index (κ1) is 32.8. The van der Waals surface area contributed by atoms with Gasteiger partial charge in [-0.1, -0.05) is 30.3 Å². The van der Waals surface area contributed by atoms with Gasteiger partial charge in [0.15, 0.2) is 5.96 Å². The van der Waals surface area contributed by atoms with Gasteiger partial charge in [-0.15, -0.1) is 0 Å². The SMILES string of the molecule is NC(N)=NCCCC(N)C(=O)N1CCCC1C(=O)NC(Cc1ccc(O)cc1)C(=O)NC(Cc1c[nH]c2ccccc12)C(=O)O. The van der Waals surface area contributed by atoms with Gasteiger partial charge in [-0.05, 0) is 55.0 Å². The average Bonchev–Trinajstić information content (AvgIpc) is 3.67. The lowest BCUT2D eigenvalue weighted by Crippen LogP contribution is -2.57. The van der Waals surface area contributed by atoms with E-state index in [4.69, 9.17) is 17.2 Å². The predicted molar refractivity (Wildman–Crippen MR) is 168 cm³/mol. The number of nitrogens with two attached hydrogens (primary N) is 3. The summed E-state index contributed by atoms with van der Waals surface area (Å²) in [4.78, 5) is 61.0. The van der Waals surface area contributed by atoms with Gasteiger partial charge in [-0.3, -0.25) is 19.4 Å². The van der Waals surface area contributed by atoms with Gasteiger partial charge < -0.3 is 47.9 Å². The highest BCUT2D eigenvalue weighted by atomic mass is 16.4. The summed E-state index contributed by atoms with van der Waals surface area (Å²) in [5, 5.41) is 25.9. The minimum Gasteiger partial charge on any atom is -0.508 e. The number of aromatic amines is 1. The summed E-state index contributed by atoms with van der Waals surface area (Å²) in [6.07, 6.45) is 3.49. The van der Waals surface area contributed by atoms with Gasteiger partial charge in [0.05, 0.1) is 6.04 Å². The third-order valence-electron chi connectivity index (χ3n) is 7.85. The molecule has 4 rings (SSSR count). The van der Waals surface area contributed by atoms with Crippen molar-refractivity contribution in [1.82, 2.24) is 20.5 Å². The molecule has 0 bridgehead atoms. The number of phenolic OH excluding ortho intramolecular Hbond substituents is 1. The number of carboxylic acid groups (broad SMARTS) is 1. The van der Waals surface area contributed by atoms with Crippen LogP contribution in [0.4, 0.5) is 0 Å². The largest absolute Gasteiger partial charge is 0.508 e. The van der Waals surface area contributed by atoms with E-state index in [1.807, 2.05) is 24.3 Å². The van der Waals surface area contributed by atoms with Gasteiger partial charge in [0.1, 0.15) is 23.9 Å². The van der Waals surface area contributed by atoms with Gasteiger partial charge in [-0.2, -0.15) is 0 Å². The number of aliphatic imine (C=N–C) groups is 1. The molecule has 0 spiro atoms. The van der Waals surface area contributed by atoms with Crippen molar-refractivity contribution in [3.8, 4) is 5.75 Å². The van der Waals surface area contributed by atoms with Crippen LogP contribution in [-0.2, 0) is 32.0 Å². The second-order valence-corrected chi connectivity index (χ2v) is 11.1. The molecule has 4 atom stereocenters. The normalized spacial score (nSPS) is 16.5. The topological polar surface area (TPSA) is 242 Å². The van der Waals surface area contributed by atoms with E-state index in [9.17, 15) is 29.4 Å². The summed E-state index contributed by atoms with van der Waals surface area (Å²) in [6, 6.07) is 9.39. The number of benzene rings is 2. The van der Waals surface area contributed by atoms with Gasteiger partial charge in [0.25, 0.3) is 0 Å². The summed E-state index contributed by atoms with van der Waals surface area (Å²) in [5.74, 6) is -2.88. The Morgan fingerprint density at radius 2 is 1.76 bits per heavy atom. The maximum atomic E-state index is 13.6. The number of guanidine groups is 1. The van der Waals surface area contributed by atoms with Crippen molar-refractivity contribution in [2.24, 2.45) is 22.2 Å². The fourth-order valence-electron chi connectivity index (χ4n) is 5.50. The molecular formula is C31H40N8O6. The number of nitrogens with one attached hydrogen (secondary N) is 3. The molecule has 3 amide bonds. The number of fused-ring (bicyclic) bond motifs is 1. The molecule has 0 saturated carbocycles. The Morgan fingerprint density at radius 3 is 2.47 bits per heavy atom. The highest BCUT2D eigenvalue weighted by Gasteiger charge is 2.38. The van der Waals surface area contributed by atoms with Crippen LogP contribution in [0.15, 0.2) is 59.7 Å². The summed E-state index contributed by atoms with van der Waals surface area (Å²) >= 11 is 0. The first-order valence-electron chi connectivity index (χ1n) is 14.8. The number of hydrogen-bond donors (Lipinski definition) is 8. The number of amides is 3. The zero-order valence-corrected chi connectivity index (χ0v) is 24.8. The monoisotopic (exact) mass is 620 g/mol. The standard InChI is InChI=1S/C31H40N8O6/c32-22(6-3-13-35-31(33)34)29(43)39-14-4-8-26(39)28(42)37-24(15-18-9-11-20(40)12-10-18)27(41)38-25(30(44)45)16-19-17-36-23-7-2-1-5-21(19)23/h1-2,5,7,9-12,17,22,24-26,36,40H,3-4,6,8,13-16,32H2,(H,37,42)(H,38,41)(H,44,45)(H4,33,34,35). The molecule has 2 aromatic carbocycles. The number of carbonyl (C=O) groups is 4. The van der Waals surface area contributed by atoms with Crippen molar-refractivity contribution in [2.75, 3.05) is 13.1 Å². The molecule has 3 aromatic rings. The van der Waals surface area contributed by atoms with Crippen LogP contribution in [0.2, 0.25) is 0 Å². The van der Waals surface area contributed by atoms with Gasteiger partial charge in [-0.25, -0.2) is 4.79 Å². The highest BCUT2D eigenvalue weighted by Crippen LogP contribution is 2.21. The van der Waals surface area contributed by atoms with E-state index in [0.717, 1.165) is 10.9 Å². The number of rotatable bonds is 14. The molecule has 2 heterocycles. The summed E-state index contributed by atoms with van der Waals surface area (Å²) < 4.78 is 0. The van der Waals surface area contributed by atoms with Crippen molar-refractivity contribution >= 4 is 40.6 Å². The summed E-state index contributed by atoms with van der Waals surface area (Å²) in [6.45, 7) is 0.651. The number of aromatic hydroxyl groups is 1. The number of nitrogens with zero attached hydrogens (tertiary/aromatic N) is 2. The molecule has 1 aliphatic rings.